The smallest absolute Gasteiger partial charge is 0.168 e. The van der Waals surface area contributed by atoms with Gasteiger partial charge >= 0.3 is 0 Å². The summed E-state index contributed by atoms with van der Waals surface area (Å²) in [5, 5.41) is 3.87. The molecule has 1 heterocycles. The van der Waals surface area contributed by atoms with E-state index in [4.69, 9.17) is 15.3 Å². The molecule has 0 bridgehead atoms. The highest BCUT2D eigenvalue weighted by Crippen LogP contribution is 2.35. The van der Waals surface area contributed by atoms with Crippen molar-refractivity contribution in [2.45, 2.75) is 206 Å². The molecule has 0 aliphatic carbocycles. The molecular formula is C46H86N4O2. The lowest BCUT2D eigenvalue weighted by Gasteiger charge is -2.28. The van der Waals surface area contributed by atoms with E-state index in [1.165, 1.54) is 148 Å². The van der Waals surface area contributed by atoms with E-state index in [9.17, 15) is 0 Å². The fourth-order valence-corrected chi connectivity index (χ4v) is 7.03. The van der Waals surface area contributed by atoms with Gasteiger partial charge in [0.1, 0.15) is 0 Å². The topological polar surface area (TPSA) is 72.4 Å². The zero-order chi connectivity index (χ0) is 37.8. The Labute approximate surface area is 323 Å². The lowest BCUT2D eigenvalue weighted by molar-refractivity contribution is -0.179. The molecule has 3 atom stereocenters. The molecular weight excluding hydrogens is 641 g/mol. The Hall–Kier alpha value is -1.76. The number of hydrogen-bond acceptors (Lipinski definition) is 6. The first kappa shape index (κ1) is 48.3. The van der Waals surface area contributed by atoms with Gasteiger partial charge in [0.25, 0.3) is 0 Å². The normalized spacial score (nSPS) is 19.2. The van der Waals surface area contributed by atoms with E-state index in [-0.39, 0.29) is 6.10 Å². The maximum Gasteiger partial charge on any atom is 0.168 e. The minimum atomic E-state index is -0.406. The molecule has 1 saturated heterocycles. The number of unbranched alkanes of at least 4 members (excludes halogenated alkanes) is 17. The van der Waals surface area contributed by atoms with Crippen LogP contribution >= 0.6 is 0 Å². The highest BCUT2D eigenvalue weighted by molar-refractivity contribution is 6.31. The van der Waals surface area contributed by atoms with Crippen LogP contribution in [-0.2, 0) is 9.47 Å². The standard InChI is InChI=1S/C46H86N4O2/c1-6-8-10-11-12-13-14-15-16-17-18-19-22-25-28-32-37-46(51-42-45(52-46)36-39-48-40-44(49-47)41-50(4)5)38-33-29-26-23-20-21-24-27-31-35-43(3)34-30-9-7-2/h12-13,15-16,27,31,40,43,45H,6-11,14,17-26,28-30,32-39,41-42,47H2,1-5H3/b13-12-,16-15-,31-27-,48-40?,49-44?. The predicted molar refractivity (Wildman–Crippen MR) is 230 cm³/mol. The van der Waals surface area contributed by atoms with Crippen molar-refractivity contribution in [3.05, 3.63) is 36.5 Å². The number of allylic oxidation sites excluding steroid dienone is 6. The number of nitrogens with two attached hydrogens (primary N) is 1. The Balaban J connectivity index is 2.35. The zero-order valence-corrected chi connectivity index (χ0v) is 35.1. The van der Waals surface area contributed by atoms with Crippen LogP contribution in [0.15, 0.2) is 46.5 Å². The predicted octanol–water partition coefficient (Wildman–Crippen LogP) is 12.9. The van der Waals surface area contributed by atoms with Crippen LogP contribution in [0.2, 0.25) is 0 Å². The quantitative estimate of drug-likeness (QED) is 0.0229. The van der Waals surface area contributed by atoms with Gasteiger partial charge in [-0.05, 0) is 90.6 Å². The van der Waals surface area contributed by atoms with Crippen molar-refractivity contribution in [1.82, 2.24) is 4.90 Å². The van der Waals surface area contributed by atoms with Gasteiger partial charge in [0.2, 0.25) is 0 Å². The van der Waals surface area contributed by atoms with Crippen molar-refractivity contribution in [2.75, 3.05) is 33.8 Å². The Morgan fingerprint density at radius 3 is 1.85 bits per heavy atom. The number of hydrazone groups is 1. The Kier molecular flexibility index (Phi) is 32.5. The molecule has 0 saturated carbocycles. The molecule has 302 valence electrons. The molecule has 0 amide bonds. The largest absolute Gasteiger partial charge is 0.347 e. The van der Waals surface area contributed by atoms with Gasteiger partial charge in [-0.25, -0.2) is 0 Å². The van der Waals surface area contributed by atoms with Crippen molar-refractivity contribution in [3.63, 3.8) is 0 Å². The molecule has 1 rings (SSSR count). The van der Waals surface area contributed by atoms with E-state index in [0.29, 0.717) is 19.7 Å². The van der Waals surface area contributed by atoms with E-state index < -0.39 is 5.79 Å². The van der Waals surface area contributed by atoms with Crippen LogP contribution < -0.4 is 5.84 Å². The van der Waals surface area contributed by atoms with Gasteiger partial charge < -0.3 is 20.2 Å². The molecule has 0 aromatic heterocycles. The molecule has 0 spiro atoms. The summed E-state index contributed by atoms with van der Waals surface area (Å²) in [6.45, 7) is 9.03. The summed E-state index contributed by atoms with van der Waals surface area (Å²) >= 11 is 0. The number of aliphatic imine (C=N–C) groups is 1. The summed E-state index contributed by atoms with van der Waals surface area (Å²) in [5.41, 5.74) is 0.791. The van der Waals surface area contributed by atoms with Crippen molar-refractivity contribution >= 4 is 11.9 Å². The summed E-state index contributed by atoms with van der Waals surface area (Å²) in [4.78, 5) is 6.64. The molecule has 3 unspecified atom stereocenters. The number of rotatable bonds is 36. The molecule has 0 aromatic rings. The molecule has 6 heteroatoms. The third kappa shape index (κ3) is 28.7. The highest BCUT2D eigenvalue weighted by atomic mass is 16.7. The summed E-state index contributed by atoms with van der Waals surface area (Å²) in [6, 6.07) is 0. The van der Waals surface area contributed by atoms with Crippen LogP contribution in [0.25, 0.3) is 0 Å². The van der Waals surface area contributed by atoms with Gasteiger partial charge in [0.15, 0.2) is 5.79 Å². The van der Waals surface area contributed by atoms with Crippen LogP contribution in [0, 0.1) is 5.92 Å². The number of hydrogen-bond donors (Lipinski definition) is 1. The molecule has 1 aliphatic heterocycles. The molecule has 1 fully saturated rings. The number of ether oxygens (including phenoxy) is 2. The van der Waals surface area contributed by atoms with Gasteiger partial charge in [0, 0.05) is 32.1 Å². The molecule has 0 aromatic carbocycles. The van der Waals surface area contributed by atoms with Crippen molar-refractivity contribution < 1.29 is 9.47 Å². The van der Waals surface area contributed by atoms with E-state index in [2.05, 4.69) is 67.3 Å². The van der Waals surface area contributed by atoms with Crippen molar-refractivity contribution in [1.29, 1.82) is 0 Å². The zero-order valence-electron chi connectivity index (χ0n) is 35.1. The molecule has 6 nitrogen and oxygen atoms in total. The van der Waals surface area contributed by atoms with Gasteiger partial charge in [-0.3, -0.25) is 4.99 Å². The van der Waals surface area contributed by atoms with Crippen LogP contribution in [0.1, 0.15) is 194 Å². The number of nitrogens with zero attached hydrogens (tertiary/aromatic N) is 3. The average Bonchev–Trinajstić information content (AvgIpc) is 3.54. The second kappa shape index (κ2) is 35.0. The lowest BCUT2D eigenvalue weighted by atomic mass is 9.98. The van der Waals surface area contributed by atoms with Crippen LogP contribution in [0.3, 0.4) is 0 Å². The van der Waals surface area contributed by atoms with Gasteiger partial charge in [-0.2, -0.15) is 5.10 Å². The fourth-order valence-electron chi connectivity index (χ4n) is 7.03. The average molecular weight is 727 g/mol. The summed E-state index contributed by atoms with van der Waals surface area (Å²) < 4.78 is 13.2. The van der Waals surface area contributed by atoms with Gasteiger partial charge in [-0.15, -0.1) is 0 Å². The van der Waals surface area contributed by atoms with Gasteiger partial charge in [0.05, 0.1) is 18.4 Å². The molecule has 2 N–H and O–H groups in total. The summed E-state index contributed by atoms with van der Waals surface area (Å²) in [7, 11) is 4.02. The first-order valence-electron chi connectivity index (χ1n) is 22.1. The summed E-state index contributed by atoms with van der Waals surface area (Å²) in [6.07, 6.45) is 50.0. The first-order chi connectivity index (χ1) is 25.4. The molecule has 0 radical (unpaired) electrons. The molecule has 52 heavy (non-hydrogen) atoms. The first-order valence-corrected chi connectivity index (χ1v) is 22.1. The monoisotopic (exact) mass is 727 g/mol. The minimum absolute atomic E-state index is 0.112. The third-order valence-corrected chi connectivity index (χ3v) is 10.3. The van der Waals surface area contributed by atoms with E-state index in [1.807, 2.05) is 19.0 Å². The van der Waals surface area contributed by atoms with Crippen LogP contribution in [-0.4, -0.2) is 62.5 Å². The maximum atomic E-state index is 6.72. The Morgan fingerprint density at radius 2 is 1.27 bits per heavy atom. The highest BCUT2D eigenvalue weighted by Gasteiger charge is 2.40. The fraction of sp³-hybridized carbons (Fsp3) is 0.826. The van der Waals surface area contributed by atoms with E-state index in [1.54, 1.807) is 6.21 Å². The Bertz CT molecular complexity index is 943. The SMILES string of the molecule is CCCCC/C=C\C/C=C\CCCCCCCCC1(CCCCCCCC/C=C\CC(C)CCCCC)OCC(CCN=CC(CN(C)C)=NN)O1. The van der Waals surface area contributed by atoms with Crippen LogP contribution in [0.4, 0.5) is 0 Å². The van der Waals surface area contributed by atoms with Crippen molar-refractivity contribution in [3.8, 4) is 0 Å². The summed E-state index contributed by atoms with van der Waals surface area (Å²) in [5.74, 6) is 5.97. The third-order valence-electron chi connectivity index (χ3n) is 10.3. The second-order valence-electron chi connectivity index (χ2n) is 15.9. The lowest BCUT2D eigenvalue weighted by Crippen LogP contribution is -2.31. The Morgan fingerprint density at radius 1 is 0.731 bits per heavy atom. The van der Waals surface area contributed by atoms with E-state index in [0.717, 1.165) is 37.3 Å². The van der Waals surface area contributed by atoms with Crippen LogP contribution in [0.5, 0.6) is 0 Å². The minimum Gasteiger partial charge on any atom is -0.347 e. The van der Waals surface area contributed by atoms with E-state index >= 15 is 0 Å². The van der Waals surface area contributed by atoms with Crippen molar-refractivity contribution in [2.24, 2.45) is 21.9 Å². The maximum absolute atomic E-state index is 6.72. The second-order valence-corrected chi connectivity index (χ2v) is 15.9. The van der Waals surface area contributed by atoms with Gasteiger partial charge in [-0.1, -0.05) is 147 Å². The molecule has 1 aliphatic rings.